The summed E-state index contributed by atoms with van der Waals surface area (Å²) in [6.07, 6.45) is 1.45. The van der Waals surface area contributed by atoms with Gasteiger partial charge in [-0.25, -0.2) is 0 Å². The number of carbonyl (C=O) groups excluding carboxylic acids is 1. The maximum atomic E-state index is 11.0. The standard InChI is InChI=1S/C13H13N3O3/c1-18-12-3-2-8(6-10(12)14)19-9-4-5-16-11(7-9)13(15)17/h2-7H,14H2,1H3,(H2,15,17). The van der Waals surface area contributed by atoms with Crippen LogP contribution in [0.15, 0.2) is 36.5 Å². The minimum absolute atomic E-state index is 0.138. The van der Waals surface area contributed by atoms with E-state index in [-0.39, 0.29) is 5.69 Å². The Hall–Kier alpha value is -2.76. The Labute approximate surface area is 110 Å². The number of rotatable bonds is 4. The highest BCUT2D eigenvalue weighted by molar-refractivity contribution is 5.91. The molecule has 1 aromatic carbocycles. The lowest BCUT2D eigenvalue weighted by Crippen LogP contribution is -2.12. The van der Waals surface area contributed by atoms with E-state index >= 15 is 0 Å². The van der Waals surface area contributed by atoms with Crippen LogP contribution in [-0.4, -0.2) is 18.0 Å². The van der Waals surface area contributed by atoms with Crippen molar-refractivity contribution in [1.29, 1.82) is 0 Å². The summed E-state index contributed by atoms with van der Waals surface area (Å²) in [6.45, 7) is 0. The molecule has 0 aliphatic heterocycles. The van der Waals surface area contributed by atoms with Crippen LogP contribution in [0.2, 0.25) is 0 Å². The third-order valence-corrected chi connectivity index (χ3v) is 2.42. The Balaban J connectivity index is 2.23. The Morgan fingerprint density at radius 2 is 1.95 bits per heavy atom. The molecular weight excluding hydrogens is 246 g/mol. The second-order valence-electron chi connectivity index (χ2n) is 3.75. The minimum Gasteiger partial charge on any atom is -0.495 e. The molecule has 0 fully saturated rings. The lowest BCUT2D eigenvalue weighted by atomic mass is 10.2. The number of anilines is 1. The molecule has 0 aliphatic rings. The second kappa shape index (κ2) is 5.26. The van der Waals surface area contributed by atoms with E-state index in [9.17, 15) is 4.79 Å². The van der Waals surface area contributed by atoms with Crippen LogP contribution in [0.4, 0.5) is 5.69 Å². The molecule has 98 valence electrons. The fourth-order valence-electron chi connectivity index (χ4n) is 1.52. The van der Waals surface area contributed by atoms with Gasteiger partial charge in [-0.15, -0.1) is 0 Å². The summed E-state index contributed by atoms with van der Waals surface area (Å²) < 4.78 is 10.6. The molecule has 2 aromatic rings. The third-order valence-electron chi connectivity index (χ3n) is 2.42. The summed E-state index contributed by atoms with van der Waals surface area (Å²) in [5.74, 6) is 0.938. The van der Waals surface area contributed by atoms with Crippen molar-refractivity contribution in [3.05, 3.63) is 42.2 Å². The zero-order valence-electron chi connectivity index (χ0n) is 10.3. The largest absolute Gasteiger partial charge is 0.495 e. The number of hydrogen-bond donors (Lipinski definition) is 2. The predicted molar refractivity (Wildman–Crippen MR) is 70.2 cm³/mol. The van der Waals surface area contributed by atoms with E-state index in [0.29, 0.717) is 22.9 Å². The summed E-state index contributed by atoms with van der Waals surface area (Å²) in [5.41, 5.74) is 11.5. The third kappa shape index (κ3) is 2.92. The Morgan fingerprint density at radius 3 is 2.58 bits per heavy atom. The van der Waals surface area contributed by atoms with E-state index < -0.39 is 5.91 Å². The summed E-state index contributed by atoms with van der Waals surface area (Å²) in [5, 5.41) is 0. The number of carbonyl (C=O) groups is 1. The average Bonchev–Trinajstić information content (AvgIpc) is 2.39. The monoisotopic (exact) mass is 259 g/mol. The average molecular weight is 259 g/mol. The molecule has 1 heterocycles. The molecular formula is C13H13N3O3. The van der Waals surface area contributed by atoms with Gasteiger partial charge in [0.2, 0.25) is 0 Å². The van der Waals surface area contributed by atoms with Crippen LogP contribution in [-0.2, 0) is 0 Å². The predicted octanol–water partition coefficient (Wildman–Crippen LogP) is 1.56. The molecule has 2 rings (SSSR count). The van der Waals surface area contributed by atoms with Crippen molar-refractivity contribution in [1.82, 2.24) is 4.98 Å². The van der Waals surface area contributed by atoms with Gasteiger partial charge in [0.1, 0.15) is 22.9 Å². The number of amides is 1. The molecule has 0 radical (unpaired) electrons. The first-order valence-corrected chi connectivity index (χ1v) is 5.47. The van der Waals surface area contributed by atoms with Crippen molar-refractivity contribution in [2.45, 2.75) is 0 Å². The maximum absolute atomic E-state index is 11.0. The van der Waals surface area contributed by atoms with Gasteiger partial charge in [0.05, 0.1) is 12.8 Å². The van der Waals surface area contributed by atoms with E-state index in [1.807, 2.05) is 0 Å². The fraction of sp³-hybridized carbons (Fsp3) is 0.0769. The summed E-state index contributed by atoms with van der Waals surface area (Å²) in [6, 6.07) is 8.11. The first-order valence-electron chi connectivity index (χ1n) is 5.47. The molecule has 0 saturated heterocycles. The molecule has 6 nitrogen and oxygen atoms in total. The highest BCUT2D eigenvalue weighted by Crippen LogP contribution is 2.29. The number of nitrogens with zero attached hydrogens (tertiary/aromatic N) is 1. The van der Waals surface area contributed by atoms with Crippen LogP contribution < -0.4 is 20.9 Å². The van der Waals surface area contributed by atoms with E-state index in [1.54, 1.807) is 24.3 Å². The number of primary amides is 1. The number of pyridine rings is 1. The molecule has 4 N–H and O–H groups in total. The quantitative estimate of drug-likeness (QED) is 0.811. The Kier molecular flexibility index (Phi) is 3.51. The molecule has 0 bridgehead atoms. The summed E-state index contributed by atoms with van der Waals surface area (Å²) in [4.78, 5) is 14.8. The van der Waals surface area contributed by atoms with Gasteiger partial charge in [0.25, 0.3) is 5.91 Å². The highest BCUT2D eigenvalue weighted by atomic mass is 16.5. The number of hydrogen-bond acceptors (Lipinski definition) is 5. The SMILES string of the molecule is COc1ccc(Oc2ccnc(C(N)=O)c2)cc1N. The van der Waals surface area contributed by atoms with E-state index in [1.165, 1.54) is 19.4 Å². The molecule has 19 heavy (non-hydrogen) atoms. The number of nitrogen functional groups attached to an aromatic ring is 1. The molecule has 0 aliphatic carbocycles. The topological polar surface area (TPSA) is 100 Å². The van der Waals surface area contributed by atoms with Crippen molar-refractivity contribution in [2.75, 3.05) is 12.8 Å². The Bertz CT molecular complexity index is 614. The zero-order chi connectivity index (χ0) is 13.8. The van der Waals surface area contributed by atoms with Crippen LogP contribution in [0.3, 0.4) is 0 Å². The van der Waals surface area contributed by atoms with Crippen LogP contribution in [0.25, 0.3) is 0 Å². The van der Waals surface area contributed by atoms with Gasteiger partial charge in [-0.1, -0.05) is 0 Å². The van der Waals surface area contributed by atoms with Crippen molar-refractivity contribution in [2.24, 2.45) is 5.73 Å². The first kappa shape index (κ1) is 12.7. The van der Waals surface area contributed by atoms with Gasteiger partial charge in [-0.2, -0.15) is 0 Å². The first-order chi connectivity index (χ1) is 9.10. The molecule has 0 atom stereocenters. The minimum atomic E-state index is -0.611. The van der Waals surface area contributed by atoms with Crippen molar-refractivity contribution < 1.29 is 14.3 Å². The van der Waals surface area contributed by atoms with Crippen molar-refractivity contribution >= 4 is 11.6 Å². The molecule has 6 heteroatoms. The number of aromatic nitrogens is 1. The zero-order valence-corrected chi connectivity index (χ0v) is 10.3. The van der Waals surface area contributed by atoms with Crippen LogP contribution >= 0.6 is 0 Å². The van der Waals surface area contributed by atoms with Gasteiger partial charge in [-0.3, -0.25) is 9.78 Å². The number of methoxy groups -OCH3 is 1. The lowest BCUT2D eigenvalue weighted by molar-refractivity contribution is 0.0995. The normalized spacial score (nSPS) is 9.95. The van der Waals surface area contributed by atoms with Crippen molar-refractivity contribution in [3.8, 4) is 17.2 Å². The maximum Gasteiger partial charge on any atom is 0.267 e. The molecule has 1 amide bonds. The van der Waals surface area contributed by atoms with Gasteiger partial charge < -0.3 is 20.9 Å². The summed E-state index contributed by atoms with van der Waals surface area (Å²) in [7, 11) is 1.54. The number of benzene rings is 1. The van der Waals surface area contributed by atoms with E-state index in [4.69, 9.17) is 20.9 Å². The smallest absolute Gasteiger partial charge is 0.267 e. The molecule has 0 unspecified atom stereocenters. The van der Waals surface area contributed by atoms with Crippen LogP contribution in [0.5, 0.6) is 17.2 Å². The van der Waals surface area contributed by atoms with Gasteiger partial charge in [-0.05, 0) is 18.2 Å². The Morgan fingerprint density at radius 1 is 1.21 bits per heavy atom. The van der Waals surface area contributed by atoms with E-state index in [2.05, 4.69) is 4.98 Å². The van der Waals surface area contributed by atoms with Crippen LogP contribution in [0, 0.1) is 0 Å². The fourth-order valence-corrected chi connectivity index (χ4v) is 1.52. The lowest BCUT2D eigenvalue weighted by Gasteiger charge is -2.09. The highest BCUT2D eigenvalue weighted by Gasteiger charge is 2.06. The second-order valence-corrected chi connectivity index (χ2v) is 3.75. The van der Waals surface area contributed by atoms with Gasteiger partial charge in [0.15, 0.2) is 0 Å². The molecule has 0 saturated carbocycles. The van der Waals surface area contributed by atoms with E-state index in [0.717, 1.165) is 0 Å². The van der Waals surface area contributed by atoms with Gasteiger partial charge in [0, 0.05) is 18.3 Å². The van der Waals surface area contributed by atoms with Crippen molar-refractivity contribution in [3.63, 3.8) is 0 Å². The number of ether oxygens (including phenoxy) is 2. The molecule has 1 aromatic heterocycles. The van der Waals surface area contributed by atoms with Crippen LogP contribution in [0.1, 0.15) is 10.5 Å². The number of nitrogens with two attached hydrogens (primary N) is 2. The molecule has 0 spiro atoms. The summed E-state index contributed by atoms with van der Waals surface area (Å²) >= 11 is 0. The van der Waals surface area contributed by atoms with Gasteiger partial charge >= 0.3 is 0 Å².